The Kier molecular flexibility index (Phi) is 3.36. The van der Waals surface area contributed by atoms with Gasteiger partial charge in [0.15, 0.2) is 0 Å². The molecule has 1 heterocycles. The lowest BCUT2D eigenvalue weighted by Crippen LogP contribution is -2.11. The van der Waals surface area contributed by atoms with Crippen molar-refractivity contribution < 1.29 is 14.6 Å². The molecule has 1 atom stereocenters. The van der Waals surface area contributed by atoms with Crippen molar-refractivity contribution in [2.75, 3.05) is 7.11 Å². The van der Waals surface area contributed by atoms with Crippen LogP contribution in [0.3, 0.4) is 0 Å². The molecule has 0 spiro atoms. The molecule has 74 valence electrons. The van der Waals surface area contributed by atoms with Crippen molar-refractivity contribution in [3.05, 3.63) is 42.2 Å². The minimum atomic E-state index is -1.04. The summed E-state index contributed by atoms with van der Waals surface area (Å²) in [6.45, 7) is 3.46. The van der Waals surface area contributed by atoms with Crippen LogP contribution in [0.25, 0.3) is 0 Å². The second-order valence-electron chi connectivity index (χ2n) is 2.70. The van der Waals surface area contributed by atoms with Crippen LogP contribution in [-0.2, 0) is 9.53 Å². The normalized spacial score (nSPS) is 11.9. The molecular formula is C10H11NO3. The molecule has 0 radical (unpaired) electrons. The molecule has 14 heavy (non-hydrogen) atoms. The highest BCUT2D eigenvalue weighted by Crippen LogP contribution is 2.19. The van der Waals surface area contributed by atoms with Crippen molar-refractivity contribution in [1.29, 1.82) is 0 Å². The quantitative estimate of drug-likeness (QED) is 0.571. The van der Waals surface area contributed by atoms with Gasteiger partial charge in [-0.2, -0.15) is 0 Å². The second kappa shape index (κ2) is 4.53. The number of aromatic nitrogens is 1. The van der Waals surface area contributed by atoms with Gasteiger partial charge in [0.2, 0.25) is 0 Å². The fourth-order valence-corrected chi connectivity index (χ4v) is 0.990. The number of nitrogens with zero attached hydrogens (tertiary/aromatic N) is 1. The Hall–Kier alpha value is -1.68. The molecule has 1 aromatic rings. The van der Waals surface area contributed by atoms with Crippen LogP contribution in [0, 0.1) is 0 Å². The maximum absolute atomic E-state index is 11.0. The summed E-state index contributed by atoms with van der Waals surface area (Å²) in [7, 11) is 1.24. The van der Waals surface area contributed by atoms with Gasteiger partial charge in [-0.3, -0.25) is 4.98 Å². The maximum Gasteiger partial charge on any atom is 0.336 e. The van der Waals surface area contributed by atoms with Crippen LogP contribution in [0.2, 0.25) is 0 Å². The highest BCUT2D eigenvalue weighted by atomic mass is 16.5. The standard InChI is InChI=1S/C10H11NO3/c1-7(10(13)14-2)9(12)8-3-5-11-6-4-8/h3-6,9,12H,1H2,2H3/t9-/m0/s1. The summed E-state index contributed by atoms with van der Waals surface area (Å²) in [6, 6.07) is 3.22. The molecule has 0 fully saturated rings. The molecule has 4 nitrogen and oxygen atoms in total. The first-order valence-corrected chi connectivity index (χ1v) is 4.02. The van der Waals surface area contributed by atoms with Crippen LogP contribution in [0.5, 0.6) is 0 Å². The van der Waals surface area contributed by atoms with E-state index in [0.29, 0.717) is 5.56 Å². The Morgan fingerprint density at radius 2 is 2.14 bits per heavy atom. The van der Waals surface area contributed by atoms with E-state index in [9.17, 15) is 9.90 Å². The summed E-state index contributed by atoms with van der Waals surface area (Å²) in [4.78, 5) is 14.8. The second-order valence-corrected chi connectivity index (χ2v) is 2.70. The van der Waals surface area contributed by atoms with Gasteiger partial charge >= 0.3 is 5.97 Å². The van der Waals surface area contributed by atoms with E-state index in [2.05, 4.69) is 16.3 Å². The van der Waals surface area contributed by atoms with Crippen LogP contribution in [0.4, 0.5) is 0 Å². The van der Waals surface area contributed by atoms with Gasteiger partial charge in [-0.05, 0) is 17.7 Å². The minimum absolute atomic E-state index is 0.0127. The van der Waals surface area contributed by atoms with E-state index >= 15 is 0 Å². The van der Waals surface area contributed by atoms with E-state index < -0.39 is 12.1 Å². The van der Waals surface area contributed by atoms with Gasteiger partial charge in [-0.15, -0.1) is 0 Å². The molecule has 0 aliphatic rings. The first kappa shape index (κ1) is 10.4. The number of carbonyl (C=O) groups is 1. The summed E-state index contributed by atoms with van der Waals surface area (Å²) in [5.74, 6) is -0.616. The minimum Gasteiger partial charge on any atom is -0.466 e. The predicted molar refractivity (Wildman–Crippen MR) is 50.4 cm³/mol. The predicted octanol–water partition coefficient (Wildman–Crippen LogP) is 0.844. The van der Waals surface area contributed by atoms with Crippen molar-refractivity contribution in [2.45, 2.75) is 6.10 Å². The molecule has 0 aliphatic carbocycles. The topological polar surface area (TPSA) is 59.4 Å². The zero-order valence-corrected chi connectivity index (χ0v) is 7.80. The molecule has 0 saturated heterocycles. The number of hydrogen-bond acceptors (Lipinski definition) is 4. The molecule has 0 bridgehead atoms. The fraction of sp³-hybridized carbons (Fsp3) is 0.200. The lowest BCUT2D eigenvalue weighted by molar-refractivity contribution is -0.137. The Morgan fingerprint density at radius 3 is 2.64 bits per heavy atom. The number of pyridine rings is 1. The van der Waals surface area contributed by atoms with Gasteiger partial charge < -0.3 is 9.84 Å². The fourth-order valence-electron chi connectivity index (χ4n) is 0.990. The number of carbonyl (C=O) groups excluding carboxylic acids is 1. The number of ether oxygens (including phenoxy) is 1. The maximum atomic E-state index is 11.0. The molecule has 0 saturated carbocycles. The third-order valence-electron chi connectivity index (χ3n) is 1.80. The van der Waals surface area contributed by atoms with Crippen LogP contribution in [0.1, 0.15) is 11.7 Å². The lowest BCUT2D eigenvalue weighted by Gasteiger charge is -2.11. The van der Waals surface area contributed by atoms with Crippen LogP contribution in [0.15, 0.2) is 36.7 Å². The Labute approximate surface area is 81.9 Å². The van der Waals surface area contributed by atoms with Crippen molar-refractivity contribution in [2.24, 2.45) is 0 Å². The highest BCUT2D eigenvalue weighted by Gasteiger charge is 2.18. The number of methoxy groups -OCH3 is 1. The summed E-state index contributed by atoms with van der Waals surface area (Å²) in [5, 5.41) is 9.66. The number of hydrogen-bond donors (Lipinski definition) is 1. The molecular weight excluding hydrogens is 182 g/mol. The van der Waals surface area contributed by atoms with Crippen molar-refractivity contribution >= 4 is 5.97 Å². The Balaban J connectivity index is 2.81. The van der Waals surface area contributed by atoms with E-state index in [1.807, 2.05) is 0 Å². The average Bonchev–Trinajstić information content (AvgIpc) is 2.27. The van der Waals surface area contributed by atoms with E-state index in [4.69, 9.17) is 0 Å². The van der Waals surface area contributed by atoms with E-state index in [1.54, 1.807) is 12.1 Å². The number of aliphatic hydroxyl groups is 1. The van der Waals surface area contributed by atoms with Gasteiger partial charge in [0, 0.05) is 12.4 Å². The molecule has 1 aromatic heterocycles. The average molecular weight is 193 g/mol. The van der Waals surface area contributed by atoms with E-state index in [0.717, 1.165) is 0 Å². The number of aliphatic hydroxyl groups excluding tert-OH is 1. The van der Waals surface area contributed by atoms with Crippen molar-refractivity contribution in [3.8, 4) is 0 Å². The smallest absolute Gasteiger partial charge is 0.336 e. The largest absolute Gasteiger partial charge is 0.466 e. The van der Waals surface area contributed by atoms with Gasteiger partial charge in [0.1, 0.15) is 6.10 Å². The van der Waals surface area contributed by atoms with Crippen LogP contribution < -0.4 is 0 Å². The third-order valence-corrected chi connectivity index (χ3v) is 1.80. The third kappa shape index (κ3) is 2.17. The molecule has 0 amide bonds. The molecule has 0 unspecified atom stereocenters. The molecule has 0 aliphatic heterocycles. The van der Waals surface area contributed by atoms with E-state index in [-0.39, 0.29) is 5.57 Å². The number of rotatable bonds is 3. The monoisotopic (exact) mass is 193 g/mol. The van der Waals surface area contributed by atoms with E-state index in [1.165, 1.54) is 19.5 Å². The Morgan fingerprint density at radius 1 is 1.57 bits per heavy atom. The van der Waals surface area contributed by atoms with Crippen LogP contribution >= 0.6 is 0 Å². The van der Waals surface area contributed by atoms with Crippen LogP contribution in [-0.4, -0.2) is 23.2 Å². The Bertz CT molecular complexity index is 334. The molecule has 1 rings (SSSR count). The summed E-state index contributed by atoms with van der Waals surface area (Å²) >= 11 is 0. The van der Waals surface area contributed by atoms with Crippen molar-refractivity contribution in [3.63, 3.8) is 0 Å². The summed E-state index contributed by atoms with van der Waals surface area (Å²) in [5.41, 5.74) is 0.578. The molecule has 1 N–H and O–H groups in total. The lowest BCUT2D eigenvalue weighted by atomic mass is 10.0. The zero-order valence-electron chi connectivity index (χ0n) is 7.80. The first-order valence-electron chi connectivity index (χ1n) is 4.02. The highest BCUT2D eigenvalue weighted by molar-refractivity contribution is 5.88. The SMILES string of the molecule is C=C(C(=O)OC)[C@H](O)c1ccncc1. The van der Waals surface area contributed by atoms with Gasteiger partial charge in [0.25, 0.3) is 0 Å². The summed E-state index contributed by atoms with van der Waals surface area (Å²) in [6.07, 6.45) is 2.03. The summed E-state index contributed by atoms with van der Waals surface area (Å²) < 4.78 is 4.44. The number of esters is 1. The molecule has 0 aromatic carbocycles. The zero-order chi connectivity index (χ0) is 10.6. The van der Waals surface area contributed by atoms with Gasteiger partial charge in [0.05, 0.1) is 12.7 Å². The van der Waals surface area contributed by atoms with Gasteiger partial charge in [-0.1, -0.05) is 6.58 Å². The molecule has 4 heteroatoms. The van der Waals surface area contributed by atoms with Gasteiger partial charge in [-0.25, -0.2) is 4.79 Å². The first-order chi connectivity index (χ1) is 6.66. The van der Waals surface area contributed by atoms with Crippen molar-refractivity contribution in [1.82, 2.24) is 4.98 Å².